The molecule has 0 saturated carbocycles. The van der Waals surface area contributed by atoms with Gasteiger partial charge in [-0.1, -0.05) is 64.1 Å². The van der Waals surface area contributed by atoms with Crippen molar-refractivity contribution < 1.29 is 9.84 Å². The van der Waals surface area contributed by atoms with Crippen molar-refractivity contribution in [3.63, 3.8) is 0 Å². The molecule has 1 atom stereocenters. The standard InChI is InChI=1S/C21H28O2/c1-15(2)17-6-8-18(9-7-17)21(4,5)19-10-12-20(13-11-19)23-14-16(3)22/h6-13,15-16,22H,14H2,1-5H3. The Morgan fingerprint density at radius 3 is 1.78 bits per heavy atom. The van der Waals surface area contributed by atoms with Crippen LogP contribution in [0.5, 0.6) is 5.75 Å². The van der Waals surface area contributed by atoms with Gasteiger partial charge < -0.3 is 9.84 Å². The zero-order valence-corrected chi connectivity index (χ0v) is 14.8. The molecule has 0 spiro atoms. The summed E-state index contributed by atoms with van der Waals surface area (Å²) in [5.41, 5.74) is 3.86. The minimum atomic E-state index is -0.453. The van der Waals surface area contributed by atoms with Gasteiger partial charge in [-0.25, -0.2) is 0 Å². The molecule has 2 rings (SSSR count). The molecule has 0 aliphatic rings. The molecular formula is C21H28O2. The third-order valence-corrected chi connectivity index (χ3v) is 4.37. The van der Waals surface area contributed by atoms with Crippen molar-refractivity contribution in [2.24, 2.45) is 0 Å². The van der Waals surface area contributed by atoms with Crippen LogP contribution in [0.4, 0.5) is 0 Å². The van der Waals surface area contributed by atoms with Gasteiger partial charge in [-0.3, -0.25) is 0 Å². The van der Waals surface area contributed by atoms with Gasteiger partial charge in [0.2, 0.25) is 0 Å². The fourth-order valence-electron chi connectivity index (χ4n) is 2.64. The largest absolute Gasteiger partial charge is 0.491 e. The van der Waals surface area contributed by atoms with Gasteiger partial charge in [0.05, 0.1) is 6.10 Å². The van der Waals surface area contributed by atoms with E-state index in [1.54, 1.807) is 6.92 Å². The van der Waals surface area contributed by atoms with Gasteiger partial charge in [0.15, 0.2) is 0 Å². The number of rotatable bonds is 6. The second-order valence-corrected chi connectivity index (χ2v) is 7.09. The average molecular weight is 312 g/mol. The van der Waals surface area contributed by atoms with Gasteiger partial charge in [0, 0.05) is 5.41 Å². The van der Waals surface area contributed by atoms with Gasteiger partial charge in [-0.2, -0.15) is 0 Å². The van der Waals surface area contributed by atoms with Crippen molar-refractivity contribution in [3.8, 4) is 5.75 Å². The zero-order chi connectivity index (χ0) is 17.0. The Hall–Kier alpha value is -1.80. The van der Waals surface area contributed by atoms with Crippen molar-refractivity contribution in [1.29, 1.82) is 0 Å². The quantitative estimate of drug-likeness (QED) is 0.822. The van der Waals surface area contributed by atoms with Crippen molar-refractivity contribution in [1.82, 2.24) is 0 Å². The first kappa shape index (κ1) is 17.6. The second-order valence-electron chi connectivity index (χ2n) is 7.09. The van der Waals surface area contributed by atoms with Crippen LogP contribution in [0, 0.1) is 0 Å². The van der Waals surface area contributed by atoms with Crippen LogP contribution < -0.4 is 4.74 Å². The number of ether oxygens (including phenoxy) is 1. The first-order valence-corrected chi connectivity index (χ1v) is 8.32. The highest BCUT2D eigenvalue weighted by atomic mass is 16.5. The SMILES string of the molecule is CC(O)COc1ccc(C(C)(C)c2ccc(C(C)C)cc2)cc1. The summed E-state index contributed by atoms with van der Waals surface area (Å²) in [5, 5.41) is 9.28. The van der Waals surface area contributed by atoms with Crippen molar-refractivity contribution >= 4 is 0 Å². The average Bonchev–Trinajstić information content (AvgIpc) is 2.53. The number of hydrogen-bond donors (Lipinski definition) is 1. The summed E-state index contributed by atoms with van der Waals surface area (Å²) >= 11 is 0. The Balaban J connectivity index is 2.18. The molecule has 1 N–H and O–H groups in total. The Kier molecular flexibility index (Phi) is 5.48. The molecule has 2 nitrogen and oxygen atoms in total. The topological polar surface area (TPSA) is 29.5 Å². The smallest absolute Gasteiger partial charge is 0.119 e. The fraction of sp³-hybridized carbons (Fsp3) is 0.429. The van der Waals surface area contributed by atoms with Crippen LogP contribution in [0.3, 0.4) is 0 Å². The van der Waals surface area contributed by atoms with E-state index in [1.165, 1.54) is 16.7 Å². The van der Waals surface area contributed by atoms with Gasteiger partial charge >= 0.3 is 0 Å². The lowest BCUT2D eigenvalue weighted by atomic mass is 9.77. The van der Waals surface area contributed by atoms with Crippen molar-refractivity contribution in [2.45, 2.75) is 52.1 Å². The lowest BCUT2D eigenvalue weighted by Gasteiger charge is -2.27. The number of aliphatic hydroxyl groups excluding tert-OH is 1. The molecule has 2 aromatic rings. The van der Waals surface area contributed by atoms with Crippen molar-refractivity contribution in [3.05, 3.63) is 65.2 Å². The Bertz CT molecular complexity index is 607. The lowest BCUT2D eigenvalue weighted by Crippen LogP contribution is -2.19. The summed E-state index contributed by atoms with van der Waals surface area (Å²) < 4.78 is 5.53. The summed E-state index contributed by atoms with van der Waals surface area (Å²) in [6.45, 7) is 10.9. The second kappa shape index (κ2) is 7.18. The van der Waals surface area contributed by atoms with Crippen LogP contribution in [-0.2, 0) is 5.41 Å². The van der Waals surface area contributed by atoms with Gasteiger partial charge in [0.1, 0.15) is 12.4 Å². The molecule has 2 heteroatoms. The van der Waals surface area contributed by atoms with E-state index in [-0.39, 0.29) is 5.41 Å². The molecule has 0 amide bonds. The highest BCUT2D eigenvalue weighted by molar-refractivity contribution is 5.41. The first-order chi connectivity index (χ1) is 10.8. The van der Waals surface area contributed by atoms with E-state index in [0.29, 0.717) is 12.5 Å². The minimum Gasteiger partial charge on any atom is -0.491 e. The zero-order valence-electron chi connectivity index (χ0n) is 14.8. The van der Waals surface area contributed by atoms with E-state index in [0.717, 1.165) is 5.75 Å². The van der Waals surface area contributed by atoms with E-state index in [9.17, 15) is 5.11 Å². The third kappa shape index (κ3) is 4.35. The minimum absolute atomic E-state index is 0.0572. The van der Waals surface area contributed by atoms with E-state index < -0.39 is 6.10 Å². The summed E-state index contributed by atoms with van der Waals surface area (Å²) in [6, 6.07) is 17.1. The predicted octanol–water partition coefficient (Wildman–Crippen LogP) is 4.90. The predicted molar refractivity (Wildman–Crippen MR) is 96.3 cm³/mol. The maximum atomic E-state index is 9.28. The first-order valence-electron chi connectivity index (χ1n) is 8.32. The van der Waals surface area contributed by atoms with Crippen LogP contribution in [0.25, 0.3) is 0 Å². The maximum absolute atomic E-state index is 9.28. The summed E-state index contributed by atoms with van der Waals surface area (Å²) in [7, 11) is 0. The molecule has 23 heavy (non-hydrogen) atoms. The van der Waals surface area contributed by atoms with Gasteiger partial charge in [-0.05, 0) is 41.7 Å². The van der Waals surface area contributed by atoms with Crippen molar-refractivity contribution in [2.75, 3.05) is 6.61 Å². The monoisotopic (exact) mass is 312 g/mol. The molecule has 0 aliphatic heterocycles. The highest BCUT2D eigenvalue weighted by Gasteiger charge is 2.23. The van der Waals surface area contributed by atoms with Gasteiger partial charge in [-0.15, -0.1) is 0 Å². The third-order valence-electron chi connectivity index (χ3n) is 4.37. The number of benzene rings is 2. The normalized spacial score (nSPS) is 13.2. The number of hydrogen-bond acceptors (Lipinski definition) is 2. The van der Waals surface area contributed by atoms with Crippen LogP contribution in [0.2, 0.25) is 0 Å². The highest BCUT2D eigenvalue weighted by Crippen LogP contribution is 2.33. The summed E-state index contributed by atoms with van der Waals surface area (Å²) in [5.74, 6) is 1.35. The van der Waals surface area contributed by atoms with Crippen LogP contribution in [0.1, 0.15) is 57.2 Å². The Morgan fingerprint density at radius 2 is 1.35 bits per heavy atom. The summed E-state index contributed by atoms with van der Waals surface area (Å²) in [4.78, 5) is 0. The lowest BCUT2D eigenvalue weighted by molar-refractivity contribution is 0.122. The molecule has 1 unspecified atom stereocenters. The van der Waals surface area contributed by atoms with Crippen LogP contribution in [0.15, 0.2) is 48.5 Å². The van der Waals surface area contributed by atoms with Gasteiger partial charge in [0.25, 0.3) is 0 Å². The molecule has 0 aliphatic carbocycles. The van der Waals surface area contributed by atoms with E-state index in [1.807, 2.05) is 12.1 Å². The van der Waals surface area contributed by atoms with E-state index >= 15 is 0 Å². The van der Waals surface area contributed by atoms with E-state index in [2.05, 4.69) is 64.1 Å². The van der Waals surface area contributed by atoms with Crippen LogP contribution >= 0.6 is 0 Å². The molecule has 0 heterocycles. The molecule has 0 fully saturated rings. The molecule has 0 radical (unpaired) electrons. The fourth-order valence-corrected chi connectivity index (χ4v) is 2.64. The molecule has 0 saturated heterocycles. The molecular weight excluding hydrogens is 284 g/mol. The molecule has 2 aromatic carbocycles. The number of aliphatic hydroxyl groups is 1. The maximum Gasteiger partial charge on any atom is 0.119 e. The Morgan fingerprint density at radius 1 is 0.870 bits per heavy atom. The summed E-state index contributed by atoms with van der Waals surface area (Å²) in [6.07, 6.45) is -0.453. The Labute approximate surface area is 140 Å². The molecule has 124 valence electrons. The van der Waals surface area contributed by atoms with Crippen LogP contribution in [-0.4, -0.2) is 17.8 Å². The molecule has 0 bridgehead atoms. The van der Waals surface area contributed by atoms with E-state index in [4.69, 9.17) is 4.74 Å². The molecule has 0 aromatic heterocycles.